The molecule has 1 amide bonds. The fraction of sp³-hybridized carbons (Fsp3) is 0.227. The first-order chi connectivity index (χ1) is 13.4. The van der Waals surface area contributed by atoms with Crippen molar-refractivity contribution in [2.24, 2.45) is 0 Å². The van der Waals surface area contributed by atoms with Gasteiger partial charge in [0.15, 0.2) is 5.69 Å². The van der Waals surface area contributed by atoms with E-state index in [0.717, 1.165) is 22.6 Å². The summed E-state index contributed by atoms with van der Waals surface area (Å²) in [7, 11) is 0. The van der Waals surface area contributed by atoms with Gasteiger partial charge in [0.05, 0.1) is 12.3 Å². The number of aromatic nitrogens is 2. The maximum absolute atomic E-state index is 12.7. The van der Waals surface area contributed by atoms with Crippen LogP contribution in [0.15, 0.2) is 53.3 Å². The lowest BCUT2D eigenvalue weighted by Crippen LogP contribution is -2.27. The van der Waals surface area contributed by atoms with Crippen molar-refractivity contribution in [2.45, 2.75) is 27.7 Å². The van der Waals surface area contributed by atoms with Crippen LogP contribution in [-0.4, -0.2) is 22.3 Å². The van der Waals surface area contributed by atoms with Gasteiger partial charge in [-0.2, -0.15) is 5.10 Å². The number of benzene rings is 2. The Labute approximate surface area is 163 Å². The van der Waals surface area contributed by atoms with Crippen molar-refractivity contribution < 1.29 is 9.53 Å². The summed E-state index contributed by atoms with van der Waals surface area (Å²) in [6.07, 6.45) is 0. The van der Waals surface area contributed by atoms with Crippen molar-refractivity contribution in [1.29, 1.82) is 0 Å². The van der Waals surface area contributed by atoms with Crippen molar-refractivity contribution >= 4 is 11.6 Å². The van der Waals surface area contributed by atoms with Gasteiger partial charge in [0.1, 0.15) is 5.75 Å². The summed E-state index contributed by atoms with van der Waals surface area (Å²) < 4.78 is 7.03. The second kappa shape index (κ2) is 8.08. The molecule has 1 heterocycles. The second-order valence-electron chi connectivity index (χ2n) is 6.67. The van der Waals surface area contributed by atoms with E-state index in [0.29, 0.717) is 18.0 Å². The lowest BCUT2D eigenvalue weighted by Gasteiger charge is -2.12. The van der Waals surface area contributed by atoms with Gasteiger partial charge in [0.25, 0.3) is 5.91 Å². The maximum Gasteiger partial charge on any atom is 0.280 e. The van der Waals surface area contributed by atoms with Gasteiger partial charge in [-0.3, -0.25) is 9.59 Å². The lowest BCUT2D eigenvalue weighted by atomic mass is 10.1. The number of anilines is 1. The van der Waals surface area contributed by atoms with E-state index in [1.54, 1.807) is 11.6 Å². The van der Waals surface area contributed by atoms with Crippen LogP contribution < -0.4 is 15.5 Å². The highest BCUT2D eigenvalue weighted by atomic mass is 16.5. The third kappa shape index (κ3) is 4.28. The first kappa shape index (κ1) is 19.4. The van der Waals surface area contributed by atoms with Crippen molar-refractivity contribution in [1.82, 2.24) is 9.78 Å². The van der Waals surface area contributed by atoms with E-state index >= 15 is 0 Å². The molecule has 0 bridgehead atoms. The molecule has 144 valence electrons. The summed E-state index contributed by atoms with van der Waals surface area (Å²) in [5.74, 6) is 0.215. The summed E-state index contributed by atoms with van der Waals surface area (Å²) in [4.78, 5) is 25.1. The molecule has 0 radical (unpaired) electrons. The van der Waals surface area contributed by atoms with Crippen LogP contribution in [-0.2, 0) is 0 Å². The molecule has 0 unspecified atom stereocenters. The van der Waals surface area contributed by atoms with Crippen LogP contribution >= 0.6 is 0 Å². The molecule has 0 aliphatic heterocycles. The maximum atomic E-state index is 12.7. The molecular weight excluding hydrogens is 354 g/mol. The molecule has 0 spiro atoms. The summed E-state index contributed by atoms with van der Waals surface area (Å²) in [6, 6.07) is 14.5. The molecule has 1 N–H and O–H groups in total. The van der Waals surface area contributed by atoms with Crippen molar-refractivity contribution in [3.8, 4) is 11.4 Å². The summed E-state index contributed by atoms with van der Waals surface area (Å²) >= 11 is 0. The van der Waals surface area contributed by atoms with E-state index < -0.39 is 11.3 Å². The van der Waals surface area contributed by atoms with Crippen LogP contribution in [0, 0.1) is 20.8 Å². The molecule has 0 fully saturated rings. The number of carbonyl (C=O) groups is 1. The SMILES string of the molecule is CCOc1ccc(-n2nc(C(=O)Nc3cc(C)cc(C)c3)c(=O)cc2C)cc1. The molecule has 0 saturated heterocycles. The van der Waals surface area contributed by atoms with Gasteiger partial charge in [-0.25, -0.2) is 4.68 Å². The highest BCUT2D eigenvalue weighted by molar-refractivity contribution is 6.02. The van der Waals surface area contributed by atoms with Crippen LogP contribution in [0.5, 0.6) is 5.75 Å². The number of aryl methyl sites for hydroxylation is 3. The van der Waals surface area contributed by atoms with Gasteiger partial charge >= 0.3 is 0 Å². The first-order valence-corrected chi connectivity index (χ1v) is 9.11. The standard InChI is InChI=1S/C22H23N3O3/c1-5-28-19-8-6-18(7-9-19)25-16(4)13-20(26)21(24-25)22(27)23-17-11-14(2)10-15(3)12-17/h6-13H,5H2,1-4H3,(H,23,27). The zero-order chi connectivity index (χ0) is 20.3. The topological polar surface area (TPSA) is 73.2 Å². The van der Waals surface area contributed by atoms with E-state index in [1.807, 2.05) is 63.2 Å². The van der Waals surface area contributed by atoms with Crippen molar-refractivity contribution in [3.63, 3.8) is 0 Å². The average Bonchev–Trinajstić information content (AvgIpc) is 2.62. The van der Waals surface area contributed by atoms with E-state index in [-0.39, 0.29) is 5.69 Å². The molecule has 3 rings (SSSR count). The highest BCUT2D eigenvalue weighted by Crippen LogP contribution is 2.17. The molecular formula is C22H23N3O3. The van der Waals surface area contributed by atoms with Crippen molar-refractivity contribution in [2.75, 3.05) is 11.9 Å². The van der Waals surface area contributed by atoms with Crippen LogP contribution in [0.25, 0.3) is 5.69 Å². The normalized spacial score (nSPS) is 10.6. The molecule has 6 heteroatoms. The number of nitrogens with zero attached hydrogens (tertiary/aromatic N) is 2. The van der Waals surface area contributed by atoms with E-state index in [1.165, 1.54) is 6.07 Å². The van der Waals surface area contributed by atoms with Crippen LogP contribution in [0.1, 0.15) is 34.2 Å². The van der Waals surface area contributed by atoms with E-state index in [9.17, 15) is 9.59 Å². The average molecular weight is 377 g/mol. The second-order valence-corrected chi connectivity index (χ2v) is 6.67. The van der Waals surface area contributed by atoms with Gasteiger partial charge in [0.2, 0.25) is 5.43 Å². The molecule has 0 aliphatic rings. The Morgan fingerprint density at radius 2 is 1.68 bits per heavy atom. The minimum absolute atomic E-state index is 0.154. The monoisotopic (exact) mass is 377 g/mol. The van der Waals surface area contributed by atoms with Gasteiger partial charge in [-0.05, 0) is 75.2 Å². The van der Waals surface area contributed by atoms with Gasteiger partial charge in [-0.1, -0.05) is 6.07 Å². The number of hydrogen-bond acceptors (Lipinski definition) is 4. The van der Waals surface area contributed by atoms with Crippen LogP contribution in [0.2, 0.25) is 0 Å². The summed E-state index contributed by atoms with van der Waals surface area (Å²) in [6.45, 7) is 8.17. The largest absolute Gasteiger partial charge is 0.494 e. The molecule has 0 aliphatic carbocycles. The third-order valence-electron chi connectivity index (χ3n) is 4.19. The zero-order valence-electron chi connectivity index (χ0n) is 16.4. The number of carbonyl (C=O) groups excluding carboxylic acids is 1. The Balaban J connectivity index is 1.94. The number of rotatable bonds is 5. The minimum Gasteiger partial charge on any atom is -0.494 e. The number of nitrogens with one attached hydrogen (secondary N) is 1. The fourth-order valence-electron chi connectivity index (χ4n) is 3.05. The summed E-state index contributed by atoms with van der Waals surface area (Å²) in [5.41, 5.74) is 3.49. The number of amides is 1. The van der Waals surface area contributed by atoms with Gasteiger partial charge in [0, 0.05) is 17.4 Å². The smallest absolute Gasteiger partial charge is 0.280 e. The Morgan fingerprint density at radius 1 is 1.04 bits per heavy atom. The zero-order valence-corrected chi connectivity index (χ0v) is 16.4. The Kier molecular flexibility index (Phi) is 5.59. The van der Waals surface area contributed by atoms with E-state index in [4.69, 9.17) is 4.74 Å². The predicted octanol–water partition coefficient (Wildman–Crippen LogP) is 3.81. The quantitative estimate of drug-likeness (QED) is 0.734. The first-order valence-electron chi connectivity index (χ1n) is 9.11. The van der Waals surface area contributed by atoms with Crippen LogP contribution in [0.4, 0.5) is 5.69 Å². The summed E-state index contributed by atoms with van der Waals surface area (Å²) in [5, 5.41) is 7.08. The molecule has 2 aromatic carbocycles. The molecule has 0 atom stereocenters. The van der Waals surface area contributed by atoms with Crippen molar-refractivity contribution in [3.05, 3.63) is 81.3 Å². The Morgan fingerprint density at radius 3 is 2.29 bits per heavy atom. The molecule has 3 aromatic rings. The van der Waals surface area contributed by atoms with Gasteiger partial charge < -0.3 is 10.1 Å². The third-order valence-corrected chi connectivity index (χ3v) is 4.19. The minimum atomic E-state index is -0.533. The number of ether oxygens (including phenoxy) is 1. The number of hydrogen-bond donors (Lipinski definition) is 1. The lowest BCUT2D eigenvalue weighted by molar-refractivity contribution is 0.101. The highest BCUT2D eigenvalue weighted by Gasteiger charge is 2.16. The fourth-order valence-corrected chi connectivity index (χ4v) is 3.05. The predicted molar refractivity (Wildman–Crippen MR) is 110 cm³/mol. The molecule has 0 saturated carbocycles. The van der Waals surface area contributed by atoms with E-state index in [2.05, 4.69) is 10.4 Å². The Bertz CT molecular complexity index is 1050. The molecule has 6 nitrogen and oxygen atoms in total. The van der Waals surface area contributed by atoms with Crippen LogP contribution in [0.3, 0.4) is 0 Å². The molecule has 1 aromatic heterocycles. The molecule has 28 heavy (non-hydrogen) atoms. The Hall–Kier alpha value is -3.41. The van der Waals surface area contributed by atoms with Gasteiger partial charge in [-0.15, -0.1) is 0 Å².